The van der Waals surface area contributed by atoms with Gasteiger partial charge in [-0.2, -0.15) is 0 Å². The fourth-order valence-electron chi connectivity index (χ4n) is 6.56. The normalized spacial score (nSPS) is 29.5. The Labute approximate surface area is 252 Å². The lowest BCUT2D eigenvalue weighted by Gasteiger charge is -2.42. The molecule has 6 atom stereocenters. The van der Waals surface area contributed by atoms with Crippen molar-refractivity contribution in [3.63, 3.8) is 0 Å². The molecule has 2 N–H and O–H groups in total. The summed E-state index contributed by atoms with van der Waals surface area (Å²) in [7, 11) is -1.52. The van der Waals surface area contributed by atoms with Gasteiger partial charge in [0.15, 0.2) is 0 Å². The molecule has 41 heavy (non-hydrogen) atoms. The molecule has 0 spiro atoms. The van der Waals surface area contributed by atoms with Gasteiger partial charge in [0.25, 0.3) is 5.91 Å². The van der Waals surface area contributed by atoms with E-state index in [4.69, 9.17) is 16.3 Å². The van der Waals surface area contributed by atoms with E-state index in [0.717, 1.165) is 55.2 Å². The van der Waals surface area contributed by atoms with Crippen LogP contribution in [0.4, 0.5) is 5.69 Å². The number of anilines is 1. The maximum atomic E-state index is 13.3. The molecule has 0 aromatic heterocycles. The van der Waals surface area contributed by atoms with Gasteiger partial charge in [-0.25, -0.2) is 4.21 Å². The minimum atomic E-state index is -1.52. The van der Waals surface area contributed by atoms with Crippen molar-refractivity contribution in [2.24, 2.45) is 17.8 Å². The monoisotopic (exact) mass is 598 g/mol. The Morgan fingerprint density at radius 3 is 2.71 bits per heavy atom. The van der Waals surface area contributed by atoms with E-state index >= 15 is 0 Å². The van der Waals surface area contributed by atoms with E-state index in [-0.39, 0.29) is 28.9 Å². The van der Waals surface area contributed by atoms with Crippen LogP contribution in [0.5, 0.6) is 5.75 Å². The quantitative estimate of drug-likeness (QED) is 0.397. The number of rotatable bonds is 4. The van der Waals surface area contributed by atoms with Gasteiger partial charge in [-0.1, -0.05) is 57.0 Å². The lowest BCUT2D eigenvalue weighted by atomic mass is 9.70. The second-order valence-corrected chi connectivity index (χ2v) is 14.0. The zero-order valence-electron chi connectivity index (χ0n) is 24.4. The molecule has 6 nitrogen and oxygen atoms in total. The number of hydrogen-bond acceptors (Lipinski definition) is 5. The Bertz CT molecular complexity index is 1300. The number of fused-ring (bicyclic) bond motifs is 2. The Morgan fingerprint density at radius 2 is 1.98 bits per heavy atom. The molecule has 5 rings (SSSR count). The first kappa shape index (κ1) is 30.1. The summed E-state index contributed by atoms with van der Waals surface area (Å²) in [6.07, 6.45) is 8.86. The number of aryl methyl sites for hydroxylation is 1. The lowest BCUT2D eigenvalue weighted by Crippen LogP contribution is -2.44. The lowest BCUT2D eigenvalue weighted by molar-refractivity contribution is 0.0461. The summed E-state index contributed by atoms with van der Waals surface area (Å²) >= 11 is 6.39. The molecule has 1 fully saturated rings. The summed E-state index contributed by atoms with van der Waals surface area (Å²) in [5.41, 5.74) is 3.85. The van der Waals surface area contributed by atoms with Crippen LogP contribution in [0.2, 0.25) is 5.02 Å². The van der Waals surface area contributed by atoms with E-state index < -0.39 is 17.1 Å². The van der Waals surface area contributed by atoms with Crippen molar-refractivity contribution in [1.82, 2.24) is 4.72 Å². The molecule has 1 saturated carbocycles. The third-order valence-corrected chi connectivity index (χ3v) is 11.0. The summed E-state index contributed by atoms with van der Waals surface area (Å²) in [5, 5.41) is 11.7. The number of aliphatic hydroxyl groups is 1. The SMILES string of the molecule is CCCc1cc(Cl)ccc1C1COc2ccc3cc2N(C1)CC1CCC1C(O)/C=C/CCC(C(C)C)S(=O)NC3=O. The maximum Gasteiger partial charge on any atom is 0.263 e. The number of carbonyl (C=O) groups excluding carboxylic acids is 1. The Hall–Kier alpha value is -2.35. The van der Waals surface area contributed by atoms with Gasteiger partial charge >= 0.3 is 0 Å². The molecule has 2 bridgehead atoms. The van der Waals surface area contributed by atoms with Crippen LogP contribution in [-0.2, 0) is 17.4 Å². The predicted molar refractivity (Wildman–Crippen MR) is 167 cm³/mol. The number of halogens is 1. The fraction of sp³-hybridized carbons (Fsp3) is 0.545. The highest BCUT2D eigenvalue weighted by molar-refractivity contribution is 7.84. The third kappa shape index (κ3) is 6.84. The fourth-order valence-corrected chi connectivity index (χ4v) is 8.05. The first-order valence-electron chi connectivity index (χ1n) is 15.1. The van der Waals surface area contributed by atoms with Crippen LogP contribution in [0.1, 0.15) is 80.3 Å². The van der Waals surface area contributed by atoms with E-state index in [0.29, 0.717) is 30.9 Å². The molecule has 2 aliphatic heterocycles. The number of amides is 1. The van der Waals surface area contributed by atoms with Crippen molar-refractivity contribution in [3.05, 3.63) is 70.3 Å². The minimum absolute atomic E-state index is 0.117. The highest BCUT2D eigenvalue weighted by Gasteiger charge is 2.38. The second kappa shape index (κ2) is 13.3. The first-order valence-corrected chi connectivity index (χ1v) is 16.7. The maximum absolute atomic E-state index is 13.3. The Kier molecular flexibility index (Phi) is 9.77. The summed E-state index contributed by atoms with van der Waals surface area (Å²) in [6.45, 7) is 8.26. The van der Waals surface area contributed by atoms with E-state index in [1.165, 1.54) is 11.1 Å². The third-order valence-electron chi connectivity index (χ3n) is 9.04. The summed E-state index contributed by atoms with van der Waals surface area (Å²) in [6, 6.07) is 11.7. The number of nitrogens with one attached hydrogen (secondary N) is 1. The molecular weight excluding hydrogens is 556 g/mol. The summed E-state index contributed by atoms with van der Waals surface area (Å²) in [4.78, 5) is 15.7. The molecule has 6 unspecified atom stereocenters. The van der Waals surface area contributed by atoms with Gasteiger partial charge < -0.3 is 14.7 Å². The van der Waals surface area contributed by atoms with Crippen LogP contribution < -0.4 is 14.4 Å². The number of aliphatic hydroxyl groups excluding tert-OH is 1. The number of allylic oxidation sites excluding steroid dienone is 1. The molecule has 2 heterocycles. The van der Waals surface area contributed by atoms with E-state index in [2.05, 4.69) is 28.7 Å². The number of hydrogen-bond donors (Lipinski definition) is 2. The highest BCUT2D eigenvalue weighted by Crippen LogP contribution is 2.42. The second-order valence-electron chi connectivity index (χ2n) is 12.2. The van der Waals surface area contributed by atoms with Gasteiger partial charge in [0.1, 0.15) is 16.7 Å². The van der Waals surface area contributed by atoms with Gasteiger partial charge in [-0.05, 0) is 91.3 Å². The number of nitrogens with zero attached hydrogens (tertiary/aromatic N) is 1. The average molecular weight is 599 g/mol. The van der Waals surface area contributed by atoms with Gasteiger partial charge in [-0.15, -0.1) is 0 Å². The zero-order valence-corrected chi connectivity index (χ0v) is 25.9. The van der Waals surface area contributed by atoms with Crippen LogP contribution in [0, 0.1) is 17.8 Å². The highest BCUT2D eigenvalue weighted by atomic mass is 35.5. The zero-order chi connectivity index (χ0) is 29.1. The average Bonchev–Trinajstić information content (AvgIpc) is 3.09. The van der Waals surface area contributed by atoms with Crippen LogP contribution >= 0.6 is 11.6 Å². The van der Waals surface area contributed by atoms with E-state index in [9.17, 15) is 14.1 Å². The van der Waals surface area contributed by atoms with Crippen molar-refractivity contribution in [2.75, 3.05) is 24.6 Å². The molecule has 2 aromatic carbocycles. The van der Waals surface area contributed by atoms with Crippen LogP contribution in [-0.4, -0.2) is 46.3 Å². The van der Waals surface area contributed by atoms with Crippen molar-refractivity contribution >= 4 is 34.2 Å². The van der Waals surface area contributed by atoms with Crippen LogP contribution in [0.15, 0.2) is 48.6 Å². The number of benzene rings is 2. The predicted octanol–water partition coefficient (Wildman–Crippen LogP) is 6.43. The molecule has 0 radical (unpaired) electrons. The summed E-state index contributed by atoms with van der Waals surface area (Å²) in [5.74, 6) is 1.20. The van der Waals surface area contributed by atoms with E-state index in [1.807, 2.05) is 44.2 Å². The van der Waals surface area contributed by atoms with Crippen molar-refractivity contribution in [2.45, 2.75) is 76.6 Å². The molecule has 3 aliphatic rings. The van der Waals surface area contributed by atoms with Crippen molar-refractivity contribution in [3.8, 4) is 5.75 Å². The van der Waals surface area contributed by atoms with Gasteiger partial charge in [0.2, 0.25) is 0 Å². The standard InChI is InChI=1S/C33H43ClN2O4S/c1-4-7-22-16-26(34)12-14-27(22)25-19-36-18-24-10-13-28(24)30(37)8-5-6-9-32(21(2)3)41(39)35-33(38)23-11-15-31(40-20-25)29(36)17-23/h5,8,11-12,14-17,21,24-25,28,30,32,37H,4,6-7,9-10,13,18-20H2,1-3H3,(H,35,38)/b8-5+. The van der Waals surface area contributed by atoms with Gasteiger partial charge in [-0.3, -0.25) is 9.52 Å². The van der Waals surface area contributed by atoms with Gasteiger partial charge in [0.05, 0.1) is 23.6 Å². The van der Waals surface area contributed by atoms with Crippen molar-refractivity contribution < 1.29 is 18.8 Å². The van der Waals surface area contributed by atoms with Crippen LogP contribution in [0.3, 0.4) is 0 Å². The largest absolute Gasteiger partial charge is 0.491 e. The molecule has 222 valence electrons. The Balaban J connectivity index is 1.52. The topological polar surface area (TPSA) is 78.9 Å². The first-order chi connectivity index (χ1) is 19.7. The molecule has 8 heteroatoms. The Morgan fingerprint density at radius 1 is 1.15 bits per heavy atom. The molecule has 0 saturated heterocycles. The smallest absolute Gasteiger partial charge is 0.263 e. The molecular formula is C33H43ClN2O4S. The molecule has 1 amide bonds. The summed E-state index contributed by atoms with van der Waals surface area (Å²) < 4.78 is 22.4. The number of carbonyl (C=O) groups is 1. The van der Waals surface area contributed by atoms with Crippen molar-refractivity contribution in [1.29, 1.82) is 0 Å². The van der Waals surface area contributed by atoms with E-state index in [1.54, 1.807) is 6.07 Å². The minimum Gasteiger partial charge on any atom is -0.491 e. The van der Waals surface area contributed by atoms with Crippen LogP contribution in [0.25, 0.3) is 0 Å². The molecule has 1 aliphatic carbocycles. The molecule has 2 aromatic rings. The number of ether oxygens (including phenoxy) is 1. The van der Waals surface area contributed by atoms with Gasteiger partial charge in [0, 0.05) is 29.6 Å².